The van der Waals surface area contributed by atoms with Crippen LogP contribution in [0.25, 0.3) is 22.0 Å². The number of benzene rings is 2. The minimum absolute atomic E-state index is 0.0739. The van der Waals surface area contributed by atoms with Crippen LogP contribution in [0, 0.1) is 11.2 Å². The molecule has 0 saturated heterocycles. The second-order valence-electron chi connectivity index (χ2n) is 9.70. The van der Waals surface area contributed by atoms with Gasteiger partial charge in [0.05, 0.1) is 17.1 Å². The van der Waals surface area contributed by atoms with Crippen LogP contribution in [0.4, 0.5) is 10.1 Å². The van der Waals surface area contributed by atoms with Crippen LogP contribution in [0.2, 0.25) is 0 Å². The number of fused-ring (bicyclic) bond motifs is 3. The predicted molar refractivity (Wildman–Crippen MR) is 128 cm³/mol. The Labute approximate surface area is 197 Å². The van der Waals surface area contributed by atoms with E-state index in [0.29, 0.717) is 29.6 Å². The van der Waals surface area contributed by atoms with Crippen LogP contribution in [0.1, 0.15) is 55.0 Å². The maximum Gasteiger partial charge on any atom is 0.302 e. The minimum atomic E-state index is -0.601. The number of aromatic nitrogens is 1. The summed E-state index contributed by atoms with van der Waals surface area (Å²) in [4.78, 5) is 36.3. The van der Waals surface area contributed by atoms with Gasteiger partial charge in [0, 0.05) is 35.7 Å². The van der Waals surface area contributed by atoms with Crippen molar-refractivity contribution in [2.45, 2.75) is 46.6 Å². The molecule has 0 bridgehead atoms. The fraction of sp³-hybridized carbons (Fsp3) is 0.346. The SMILES string of the molecule is CC(=O)OC[C@@H](C)Nc1cc(-c2c3n(c4cc(F)ccc24)C(=O)CC(C)(C)C3)ccc1C(N)=O. The molecule has 1 amide bonds. The molecule has 0 fully saturated rings. The highest BCUT2D eigenvalue weighted by molar-refractivity contribution is 6.06. The molecule has 2 aromatic carbocycles. The fourth-order valence-corrected chi connectivity index (χ4v) is 4.68. The lowest BCUT2D eigenvalue weighted by atomic mass is 9.80. The van der Waals surface area contributed by atoms with Crippen molar-refractivity contribution >= 4 is 34.4 Å². The van der Waals surface area contributed by atoms with Gasteiger partial charge in [-0.15, -0.1) is 0 Å². The molecule has 7 nitrogen and oxygen atoms in total. The third-order valence-electron chi connectivity index (χ3n) is 6.07. The average molecular weight is 466 g/mol. The Morgan fingerprint density at radius 1 is 1.21 bits per heavy atom. The predicted octanol–water partition coefficient (Wildman–Crippen LogP) is 4.52. The molecule has 8 heteroatoms. The van der Waals surface area contributed by atoms with E-state index in [9.17, 15) is 18.8 Å². The Kier molecular flexibility index (Phi) is 5.93. The number of ether oxygens (including phenoxy) is 1. The number of hydrogen-bond donors (Lipinski definition) is 2. The Hall–Kier alpha value is -3.68. The second-order valence-corrected chi connectivity index (χ2v) is 9.70. The third kappa shape index (κ3) is 4.40. The Balaban J connectivity index is 1.89. The van der Waals surface area contributed by atoms with Crippen molar-refractivity contribution in [3.8, 4) is 11.1 Å². The number of carbonyl (C=O) groups excluding carboxylic acids is 3. The van der Waals surface area contributed by atoms with E-state index in [0.717, 1.165) is 22.2 Å². The Morgan fingerprint density at radius 3 is 2.62 bits per heavy atom. The van der Waals surface area contributed by atoms with Crippen molar-refractivity contribution in [2.75, 3.05) is 11.9 Å². The summed E-state index contributed by atoms with van der Waals surface area (Å²) in [6.07, 6.45) is 0.994. The number of carbonyl (C=O) groups is 3. The van der Waals surface area contributed by atoms with Gasteiger partial charge < -0.3 is 15.8 Å². The molecule has 178 valence electrons. The first-order chi connectivity index (χ1) is 16.0. The lowest BCUT2D eigenvalue weighted by Gasteiger charge is -2.30. The summed E-state index contributed by atoms with van der Waals surface area (Å²) in [5, 5.41) is 3.96. The molecule has 4 rings (SSSR count). The van der Waals surface area contributed by atoms with Crippen molar-refractivity contribution in [1.29, 1.82) is 0 Å². The van der Waals surface area contributed by atoms with E-state index in [1.807, 2.05) is 20.8 Å². The maximum atomic E-state index is 14.2. The van der Waals surface area contributed by atoms with Gasteiger partial charge in [0.25, 0.3) is 5.91 Å². The summed E-state index contributed by atoms with van der Waals surface area (Å²) >= 11 is 0. The van der Waals surface area contributed by atoms with Gasteiger partial charge in [0.1, 0.15) is 12.4 Å². The van der Waals surface area contributed by atoms with Crippen molar-refractivity contribution < 1.29 is 23.5 Å². The largest absolute Gasteiger partial charge is 0.464 e. The van der Waals surface area contributed by atoms with Gasteiger partial charge in [-0.3, -0.25) is 19.0 Å². The summed E-state index contributed by atoms with van der Waals surface area (Å²) in [6, 6.07) is 9.38. The van der Waals surface area contributed by atoms with E-state index in [4.69, 9.17) is 10.5 Å². The molecule has 0 aliphatic carbocycles. The molecule has 1 aliphatic rings. The van der Waals surface area contributed by atoms with Crippen molar-refractivity contribution in [1.82, 2.24) is 4.57 Å². The van der Waals surface area contributed by atoms with Gasteiger partial charge in [0.15, 0.2) is 0 Å². The van der Waals surface area contributed by atoms with Crippen LogP contribution in [-0.2, 0) is 16.0 Å². The first-order valence-electron chi connectivity index (χ1n) is 11.2. The number of primary amides is 1. The van der Waals surface area contributed by atoms with Crippen molar-refractivity contribution in [3.63, 3.8) is 0 Å². The van der Waals surface area contributed by atoms with E-state index in [2.05, 4.69) is 5.32 Å². The van der Waals surface area contributed by atoms with Crippen LogP contribution in [-0.4, -0.2) is 35.0 Å². The third-order valence-corrected chi connectivity index (χ3v) is 6.07. The first kappa shape index (κ1) is 23.5. The van der Waals surface area contributed by atoms with E-state index in [-0.39, 0.29) is 24.0 Å². The monoisotopic (exact) mass is 465 g/mol. The highest BCUT2D eigenvalue weighted by atomic mass is 19.1. The topological polar surface area (TPSA) is 103 Å². The number of rotatable bonds is 6. The maximum absolute atomic E-state index is 14.2. The van der Waals surface area contributed by atoms with Crippen molar-refractivity contribution in [2.24, 2.45) is 11.1 Å². The number of halogens is 1. The van der Waals surface area contributed by atoms with Gasteiger partial charge in [-0.05, 0) is 54.7 Å². The van der Waals surface area contributed by atoms with Crippen LogP contribution in [0.3, 0.4) is 0 Å². The molecule has 34 heavy (non-hydrogen) atoms. The van der Waals surface area contributed by atoms with Crippen LogP contribution in [0.15, 0.2) is 36.4 Å². The second kappa shape index (κ2) is 8.59. The molecule has 2 heterocycles. The standard InChI is InChI=1S/C26H28FN3O4/c1-14(13-34-15(2)31)29-20-9-16(5-7-18(20)25(28)33)24-19-8-6-17(27)10-21(19)30-22(24)11-26(3,4)12-23(30)32/h5-10,14,29H,11-13H2,1-4H3,(H2,28,33)/t14-/m1/s1. The zero-order valence-corrected chi connectivity index (χ0v) is 19.7. The number of nitrogens with zero attached hydrogens (tertiary/aromatic N) is 1. The van der Waals surface area contributed by atoms with E-state index in [1.165, 1.54) is 19.1 Å². The normalized spacial score (nSPS) is 15.6. The summed E-state index contributed by atoms with van der Waals surface area (Å²) in [6.45, 7) is 7.34. The number of esters is 1. The molecule has 1 aromatic heterocycles. The molecule has 0 unspecified atom stereocenters. The Morgan fingerprint density at radius 2 is 1.94 bits per heavy atom. The molecular weight excluding hydrogens is 437 g/mol. The van der Waals surface area contributed by atoms with Gasteiger partial charge >= 0.3 is 5.97 Å². The van der Waals surface area contributed by atoms with Gasteiger partial charge in [0.2, 0.25) is 5.91 Å². The molecule has 0 saturated carbocycles. The summed E-state index contributed by atoms with van der Waals surface area (Å²) in [5.74, 6) is -1.49. The molecule has 0 spiro atoms. The zero-order chi connectivity index (χ0) is 24.8. The summed E-state index contributed by atoms with van der Waals surface area (Å²) in [7, 11) is 0. The number of hydrogen-bond acceptors (Lipinski definition) is 5. The van der Waals surface area contributed by atoms with E-state index >= 15 is 0 Å². The van der Waals surface area contributed by atoms with E-state index < -0.39 is 17.7 Å². The van der Waals surface area contributed by atoms with E-state index in [1.54, 1.807) is 28.8 Å². The molecule has 0 radical (unpaired) electrons. The number of nitrogens with one attached hydrogen (secondary N) is 1. The smallest absolute Gasteiger partial charge is 0.302 e. The molecule has 3 N–H and O–H groups in total. The first-order valence-corrected chi connectivity index (χ1v) is 11.2. The van der Waals surface area contributed by atoms with Crippen molar-refractivity contribution in [3.05, 3.63) is 53.5 Å². The zero-order valence-electron chi connectivity index (χ0n) is 19.7. The number of nitrogens with two attached hydrogens (primary N) is 1. The number of anilines is 1. The summed E-state index contributed by atoms with van der Waals surface area (Å²) < 4.78 is 20.8. The summed E-state index contributed by atoms with van der Waals surface area (Å²) in [5.41, 5.74) is 9.06. The number of amides is 1. The molecule has 1 atom stereocenters. The fourth-order valence-electron chi connectivity index (χ4n) is 4.68. The van der Waals surface area contributed by atoms with Gasteiger partial charge in [-0.25, -0.2) is 4.39 Å². The molecular formula is C26H28FN3O4. The van der Waals surface area contributed by atoms with Crippen LogP contribution >= 0.6 is 0 Å². The van der Waals surface area contributed by atoms with Gasteiger partial charge in [-0.1, -0.05) is 19.9 Å². The van der Waals surface area contributed by atoms with Gasteiger partial charge in [-0.2, -0.15) is 0 Å². The lowest BCUT2D eigenvalue weighted by molar-refractivity contribution is -0.141. The average Bonchev–Trinajstić information content (AvgIpc) is 3.04. The highest BCUT2D eigenvalue weighted by Gasteiger charge is 2.35. The molecule has 1 aliphatic heterocycles. The van der Waals surface area contributed by atoms with Crippen LogP contribution < -0.4 is 11.1 Å². The Bertz CT molecular complexity index is 1330. The highest BCUT2D eigenvalue weighted by Crippen LogP contribution is 2.43. The minimum Gasteiger partial charge on any atom is -0.464 e. The quantitative estimate of drug-likeness (QED) is 0.521. The lowest BCUT2D eigenvalue weighted by Crippen LogP contribution is -2.31. The van der Waals surface area contributed by atoms with Crippen LogP contribution in [0.5, 0.6) is 0 Å². The molecule has 3 aromatic rings.